The number of hydrogen-bond donors (Lipinski definition) is 0. The van der Waals surface area contributed by atoms with Crippen LogP contribution in [0.15, 0.2) is 53.6 Å². The van der Waals surface area contributed by atoms with E-state index in [9.17, 15) is 18.4 Å². The lowest BCUT2D eigenvalue weighted by molar-refractivity contribution is -0.144. The topological polar surface area (TPSA) is 65.5 Å². The number of halogens is 2. The average Bonchev–Trinajstić information content (AvgIpc) is 3.63. The highest BCUT2D eigenvalue weighted by molar-refractivity contribution is 6.03. The molecule has 0 unspecified atom stereocenters. The fourth-order valence-corrected chi connectivity index (χ4v) is 5.61. The van der Waals surface area contributed by atoms with E-state index in [1.54, 1.807) is 41.3 Å². The number of benzene rings is 2. The third-order valence-corrected chi connectivity index (χ3v) is 7.75. The number of carbonyl (C=O) groups is 2. The number of ether oxygens (including phenoxy) is 1. The van der Waals surface area contributed by atoms with Crippen LogP contribution in [-0.2, 0) is 14.3 Å². The van der Waals surface area contributed by atoms with Crippen LogP contribution in [0.2, 0.25) is 0 Å². The molecule has 5 rings (SSSR count). The molecule has 1 aliphatic carbocycles. The molecule has 0 N–H and O–H groups in total. The minimum atomic E-state index is -0.721. The highest BCUT2D eigenvalue weighted by Crippen LogP contribution is 2.35. The quantitative estimate of drug-likeness (QED) is 0.524. The predicted molar refractivity (Wildman–Crippen MR) is 139 cm³/mol. The van der Waals surface area contributed by atoms with Gasteiger partial charge in [-0.25, -0.2) is 13.8 Å². The van der Waals surface area contributed by atoms with E-state index in [1.165, 1.54) is 17.1 Å². The van der Waals surface area contributed by atoms with Crippen LogP contribution in [0.25, 0.3) is 0 Å². The summed E-state index contributed by atoms with van der Waals surface area (Å²) in [6, 6.07) is 11.8. The molecule has 1 atom stereocenters. The number of hydrogen-bond acceptors (Lipinski definition) is 5. The van der Waals surface area contributed by atoms with E-state index >= 15 is 0 Å². The molecule has 2 aliphatic heterocycles. The van der Waals surface area contributed by atoms with Crippen molar-refractivity contribution in [3.8, 4) is 0 Å². The molecule has 9 heteroatoms. The lowest BCUT2D eigenvalue weighted by Crippen LogP contribution is -2.48. The molecule has 0 spiro atoms. The standard InChI is InChI=1S/C29H34F2N4O3/c30-24-11-5-3-9-22(24)26-19-27(23-10-4-6-12-25(23)31)35(32-26)28(36)20-34(29(37)21-7-1-2-8-21)14-13-33-15-17-38-18-16-33/h3-6,9-12,21,27H,1-2,7-8,13-20H2/t27-/m0/s1. The zero-order chi connectivity index (χ0) is 26.5. The maximum absolute atomic E-state index is 14.9. The Labute approximate surface area is 222 Å². The number of carbonyl (C=O) groups excluding carboxylic acids is 2. The lowest BCUT2D eigenvalue weighted by atomic mass is 9.97. The summed E-state index contributed by atoms with van der Waals surface area (Å²) in [5, 5.41) is 5.76. The molecular formula is C29H34F2N4O3. The second kappa shape index (κ2) is 12.1. The number of morpholine rings is 1. The zero-order valence-electron chi connectivity index (χ0n) is 21.5. The summed E-state index contributed by atoms with van der Waals surface area (Å²) in [7, 11) is 0. The molecule has 2 aromatic rings. The van der Waals surface area contributed by atoms with Crippen LogP contribution >= 0.6 is 0 Å². The first-order chi connectivity index (χ1) is 18.5. The van der Waals surface area contributed by atoms with Crippen LogP contribution in [0.3, 0.4) is 0 Å². The second-order valence-electron chi connectivity index (χ2n) is 10.2. The molecule has 2 aromatic carbocycles. The maximum atomic E-state index is 14.9. The molecule has 7 nitrogen and oxygen atoms in total. The number of rotatable bonds is 8. The van der Waals surface area contributed by atoms with Crippen molar-refractivity contribution in [2.45, 2.75) is 38.1 Å². The summed E-state index contributed by atoms with van der Waals surface area (Å²) in [5.74, 6) is -1.39. The van der Waals surface area contributed by atoms with Gasteiger partial charge in [-0.15, -0.1) is 0 Å². The van der Waals surface area contributed by atoms with Crippen molar-refractivity contribution in [3.05, 3.63) is 71.3 Å². The molecule has 1 saturated heterocycles. The van der Waals surface area contributed by atoms with Crippen LogP contribution in [-0.4, -0.2) is 78.3 Å². The van der Waals surface area contributed by atoms with Crippen molar-refractivity contribution in [3.63, 3.8) is 0 Å². The smallest absolute Gasteiger partial charge is 0.262 e. The van der Waals surface area contributed by atoms with Gasteiger partial charge < -0.3 is 9.64 Å². The van der Waals surface area contributed by atoms with Gasteiger partial charge in [0.15, 0.2) is 0 Å². The summed E-state index contributed by atoms with van der Waals surface area (Å²) < 4.78 is 34.9. The van der Waals surface area contributed by atoms with Gasteiger partial charge >= 0.3 is 0 Å². The van der Waals surface area contributed by atoms with Crippen LogP contribution in [0.1, 0.15) is 49.3 Å². The largest absolute Gasteiger partial charge is 0.379 e. The molecular weight excluding hydrogens is 490 g/mol. The minimum absolute atomic E-state index is 0.0101. The van der Waals surface area contributed by atoms with Gasteiger partial charge in [-0.3, -0.25) is 14.5 Å². The summed E-state index contributed by atoms with van der Waals surface area (Å²) in [6.45, 7) is 3.80. The SMILES string of the molecule is O=C(C1CCCC1)N(CCN1CCOCC1)CC(=O)N1N=C(c2ccccc2F)C[C@H]1c1ccccc1F. The molecule has 0 aromatic heterocycles. The number of amides is 2. The molecule has 2 fully saturated rings. The zero-order valence-corrected chi connectivity index (χ0v) is 21.5. The normalized spacial score (nSPS) is 20.5. The first kappa shape index (κ1) is 26.4. The van der Waals surface area contributed by atoms with Crippen LogP contribution in [0.4, 0.5) is 8.78 Å². The van der Waals surface area contributed by atoms with Crippen LogP contribution in [0, 0.1) is 17.6 Å². The van der Waals surface area contributed by atoms with Gasteiger partial charge in [0.1, 0.15) is 18.2 Å². The summed E-state index contributed by atoms with van der Waals surface area (Å²) in [5.41, 5.74) is 0.986. The summed E-state index contributed by atoms with van der Waals surface area (Å²) in [4.78, 5) is 31.1. The highest BCUT2D eigenvalue weighted by atomic mass is 19.1. The molecule has 0 radical (unpaired) electrons. The molecule has 38 heavy (non-hydrogen) atoms. The van der Waals surface area contributed by atoms with E-state index in [-0.39, 0.29) is 30.4 Å². The van der Waals surface area contributed by atoms with Crippen molar-refractivity contribution in [2.24, 2.45) is 11.0 Å². The van der Waals surface area contributed by atoms with E-state index in [4.69, 9.17) is 4.74 Å². The molecule has 2 heterocycles. The monoisotopic (exact) mass is 524 g/mol. The van der Waals surface area contributed by atoms with Crippen molar-refractivity contribution in [1.82, 2.24) is 14.8 Å². The first-order valence-corrected chi connectivity index (χ1v) is 13.5. The van der Waals surface area contributed by atoms with Crippen LogP contribution in [0.5, 0.6) is 0 Å². The number of hydrazone groups is 1. The summed E-state index contributed by atoms with van der Waals surface area (Å²) in [6.07, 6.45) is 3.87. The van der Waals surface area contributed by atoms with Gasteiger partial charge in [0.2, 0.25) is 5.91 Å². The Morgan fingerprint density at radius 3 is 2.37 bits per heavy atom. The molecule has 1 saturated carbocycles. The third-order valence-electron chi connectivity index (χ3n) is 7.75. The third kappa shape index (κ3) is 5.94. The van der Waals surface area contributed by atoms with E-state index in [1.807, 2.05) is 0 Å². The Morgan fingerprint density at radius 1 is 0.974 bits per heavy atom. The van der Waals surface area contributed by atoms with Crippen LogP contribution < -0.4 is 0 Å². The minimum Gasteiger partial charge on any atom is -0.379 e. The van der Waals surface area contributed by atoms with Gasteiger partial charge in [-0.05, 0) is 25.0 Å². The first-order valence-electron chi connectivity index (χ1n) is 13.5. The Balaban J connectivity index is 1.39. The molecule has 202 valence electrons. The van der Waals surface area contributed by atoms with Gasteiger partial charge in [0.25, 0.3) is 5.91 Å². The second-order valence-corrected chi connectivity index (χ2v) is 10.2. The van der Waals surface area contributed by atoms with E-state index in [2.05, 4.69) is 10.0 Å². The van der Waals surface area contributed by atoms with E-state index in [0.29, 0.717) is 37.6 Å². The molecule has 3 aliphatic rings. The highest BCUT2D eigenvalue weighted by Gasteiger charge is 2.37. The van der Waals surface area contributed by atoms with Crippen molar-refractivity contribution >= 4 is 17.5 Å². The van der Waals surface area contributed by atoms with Crippen molar-refractivity contribution in [2.75, 3.05) is 45.9 Å². The van der Waals surface area contributed by atoms with Gasteiger partial charge in [0, 0.05) is 49.6 Å². The fraction of sp³-hybridized carbons (Fsp3) is 0.483. The fourth-order valence-electron chi connectivity index (χ4n) is 5.61. The Morgan fingerprint density at radius 2 is 1.66 bits per heavy atom. The van der Waals surface area contributed by atoms with E-state index in [0.717, 1.165) is 38.8 Å². The number of nitrogens with zero attached hydrogens (tertiary/aromatic N) is 4. The predicted octanol–water partition coefficient (Wildman–Crippen LogP) is 3.99. The maximum Gasteiger partial charge on any atom is 0.262 e. The Kier molecular flexibility index (Phi) is 8.44. The van der Waals surface area contributed by atoms with Gasteiger partial charge in [0.05, 0.1) is 25.0 Å². The Bertz CT molecular complexity index is 1180. The van der Waals surface area contributed by atoms with Crippen molar-refractivity contribution in [1.29, 1.82) is 0 Å². The molecule has 2 amide bonds. The summed E-state index contributed by atoms with van der Waals surface area (Å²) >= 11 is 0. The molecule has 0 bridgehead atoms. The van der Waals surface area contributed by atoms with Gasteiger partial charge in [-0.1, -0.05) is 49.2 Å². The lowest BCUT2D eigenvalue weighted by Gasteiger charge is -2.32. The van der Waals surface area contributed by atoms with Gasteiger partial charge in [-0.2, -0.15) is 5.10 Å². The van der Waals surface area contributed by atoms with E-state index < -0.39 is 23.6 Å². The van der Waals surface area contributed by atoms with Crippen molar-refractivity contribution < 1.29 is 23.1 Å². The average molecular weight is 525 g/mol. The Hall–Kier alpha value is -3.17.